The van der Waals surface area contributed by atoms with E-state index in [0.717, 1.165) is 30.0 Å². The Kier molecular flexibility index (Phi) is 8.10. The van der Waals surface area contributed by atoms with Gasteiger partial charge in [-0.3, -0.25) is 14.5 Å². The Morgan fingerprint density at radius 1 is 1.41 bits per heavy atom. The van der Waals surface area contributed by atoms with Crippen molar-refractivity contribution in [3.05, 3.63) is 52.4 Å². The number of nitrogens with zero attached hydrogens (tertiary/aromatic N) is 5. The fourth-order valence-corrected chi connectivity index (χ4v) is 5.93. The van der Waals surface area contributed by atoms with Crippen LogP contribution in [0.25, 0.3) is 0 Å². The molecule has 0 unspecified atom stereocenters. The summed E-state index contributed by atoms with van der Waals surface area (Å²) in [6, 6.07) is 3.09. The van der Waals surface area contributed by atoms with Gasteiger partial charge in [0.2, 0.25) is 0 Å². The summed E-state index contributed by atoms with van der Waals surface area (Å²) in [5.41, 5.74) is 7.49. The average molecular weight is 547 g/mol. The number of carbonyl (C=O) groups excluding carboxylic acids is 2. The van der Waals surface area contributed by atoms with Gasteiger partial charge in [-0.1, -0.05) is 12.1 Å². The molecular weight excluding hydrogens is 518 g/mol. The summed E-state index contributed by atoms with van der Waals surface area (Å²) in [5.74, 6) is -1.95. The molecule has 0 aliphatic carbocycles. The lowest BCUT2D eigenvalue weighted by Gasteiger charge is -2.49. The van der Waals surface area contributed by atoms with Gasteiger partial charge in [-0.05, 0) is 19.2 Å². The Hall–Kier alpha value is -3.49. The number of β-lactam (4-membered cyclic amide) rings is 1. The minimum atomic E-state index is -1.18. The highest BCUT2D eigenvalue weighted by Gasteiger charge is 2.54. The van der Waals surface area contributed by atoms with Crippen molar-refractivity contribution in [3.8, 4) is 0 Å². The Bertz CT molecular complexity index is 1260. The minimum absolute atomic E-state index is 0.0420. The Morgan fingerprint density at radius 3 is 2.73 bits per heavy atom. The van der Waals surface area contributed by atoms with Crippen molar-refractivity contribution in [1.82, 2.24) is 20.1 Å². The molecule has 4 rings (SSSR count). The molecule has 0 bridgehead atoms. The van der Waals surface area contributed by atoms with E-state index in [-0.39, 0.29) is 22.2 Å². The van der Waals surface area contributed by atoms with E-state index >= 15 is 0 Å². The third-order valence-electron chi connectivity index (χ3n) is 6.02. The van der Waals surface area contributed by atoms with E-state index in [1.54, 1.807) is 5.38 Å². The number of carbonyl (C=O) groups is 3. The number of amides is 2. The monoisotopic (exact) mass is 546 g/mol. The average Bonchev–Trinajstić information content (AvgIpc) is 3.31. The maximum atomic E-state index is 13.0. The Labute approximate surface area is 221 Å². The van der Waals surface area contributed by atoms with Crippen LogP contribution in [0.15, 0.2) is 46.3 Å². The van der Waals surface area contributed by atoms with Crippen molar-refractivity contribution < 1.29 is 28.9 Å². The molecule has 0 spiro atoms. The molecule has 1 saturated heterocycles. The quantitative estimate of drug-likeness (QED) is 0.165. The molecule has 37 heavy (non-hydrogen) atoms. The molecule has 14 heteroatoms. The van der Waals surface area contributed by atoms with Gasteiger partial charge in [-0.25, -0.2) is 14.3 Å². The number of anilines is 1. The smallest absolute Gasteiger partial charge is 0.352 e. The molecule has 1 fully saturated rings. The standard InChI is InChI=1S/C23H27N7O5S2/c1-4-28(2)9-13-5-7-29(8-6-13)10-14-11-36-21-17(20(32)30(21)18(14)22(33)34)26-19(31)16(27-35-3)15-12-37-23(24)25-15/h5-8,12,17,21H,4,9-11H2,1-3H3,(H3-,24,25,26,31,33,34)/p+1/b27-16-/t17-,21-/m1/s1. The van der Waals surface area contributed by atoms with Crippen molar-refractivity contribution in [1.29, 1.82) is 0 Å². The molecule has 0 radical (unpaired) electrons. The second-order valence-electron chi connectivity index (χ2n) is 8.52. The first-order valence-electron chi connectivity index (χ1n) is 11.4. The number of thiazole rings is 1. The summed E-state index contributed by atoms with van der Waals surface area (Å²) >= 11 is 2.54. The highest BCUT2D eigenvalue weighted by atomic mass is 32.2. The van der Waals surface area contributed by atoms with Crippen molar-refractivity contribution in [2.75, 3.05) is 32.2 Å². The number of fused-ring (bicyclic) bond motifs is 1. The molecule has 0 saturated carbocycles. The third kappa shape index (κ3) is 5.60. The molecular formula is C23H28N7O5S2+. The molecule has 2 atom stereocenters. The summed E-state index contributed by atoms with van der Waals surface area (Å²) in [4.78, 5) is 50.3. The number of hydrogen-bond acceptors (Lipinski definition) is 10. The van der Waals surface area contributed by atoms with Crippen LogP contribution in [0.4, 0.5) is 5.13 Å². The first kappa shape index (κ1) is 26.6. The van der Waals surface area contributed by atoms with Crippen molar-refractivity contribution in [2.45, 2.75) is 31.4 Å². The number of aliphatic carboxylic acids is 1. The predicted octanol–water partition coefficient (Wildman–Crippen LogP) is 0.254. The normalized spacial score (nSPS) is 19.5. The van der Waals surface area contributed by atoms with E-state index in [4.69, 9.17) is 10.6 Å². The van der Waals surface area contributed by atoms with Gasteiger partial charge >= 0.3 is 5.97 Å². The number of nitrogens with two attached hydrogens (primary N) is 1. The number of thioether (sulfide) groups is 1. The number of rotatable bonds is 10. The van der Waals surface area contributed by atoms with Gasteiger partial charge < -0.3 is 25.9 Å². The SMILES string of the molecule is CCN(C)Cc1cc[n+](CC2=C(C(=O)O)N3C(=O)[C@@H](NC(=O)/C(=N\OC)c4csc(N)n4)[C@H]3SC2)cc1. The lowest BCUT2D eigenvalue weighted by atomic mass is 10.0. The molecule has 4 N–H and O–H groups in total. The number of pyridine rings is 1. The van der Waals surface area contributed by atoms with Gasteiger partial charge in [0.15, 0.2) is 29.8 Å². The molecule has 4 heterocycles. The van der Waals surface area contributed by atoms with Crippen LogP contribution in [0.3, 0.4) is 0 Å². The van der Waals surface area contributed by atoms with E-state index in [0.29, 0.717) is 17.9 Å². The number of carboxylic acids is 1. The van der Waals surface area contributed by atoms with Crippen LogP contribution in [0, 0.1) is 0 Å². The number of oxime groups is 1. The molecule has 2 aromatic heterocycles. The number of aromatic nitrogens is 2. The maximum Gasteiger partial charge on any atom is 0.352 e. The predicted molar refractivity (Wildman–Crippen MR) is 138 cm³/mol. The molecule has 2 aliphatic heterocycles. The zero-order valence-corrected chi connectivity index (χ0v) is 22.2. The second-order valence-corrected chi connectivity index (χ2v) is 10.5. The number of carboxylic acid groups (broad SMARTS) is 1. The van der Waals surface area contributed by atoms with Crippen LogP contribution in [0.5, 0.6) is 0 Å². The number of nitrogen functional groups attached to an aromatic ring is 1. The zero-order valence-electron chi connectivity index (χ0n) is 20.6. The number of nitrogens with one attached hydrogen (secondary N) is 1. The number of hydrogen-bond donors (Lipinski definition) is 3. The molecule has 196 valence electrons. The topological polar surface area (TPSA) is 154 Å². The van der Waals surface area contributed by atoms with Crippen LogP contribution >= 0.6 is 23.1 Å². The lowest BCUT2D eigenvalue weighted by molar-refractivity contribution is -0.689. The summed E-state index contributed by atoms with van der Waals surface area (Å²) in [5, 5.41) is 17.6. The van der Waals surface area contributed by atoms with E-state index in [1.165, 1.54) is 23.8 Å². The van der Waals surface area contributed by atoms with Crippen LogP contribution in [0.1, 0.15) is 18.2 Å². The lowest BCUT2D eigenvalue weighted by Crippen LogP contribution is -2.71. The van der Waals surface area contributed by atoms with E-state index in [2.05, 4.69) is 27.3 Å². The molecule has 2 aliphatic rings. The first-order valence-corrected chi connectivity index (χ1v) is 13.4. The van der Waals surface area contributed by atoms with Gasteiger partial charge in [-0.2, -0.15) is 0 Å². The summed E-state index contributed by atoms with van der Waals surface area (Å²) in [6.45, 7) is 4.18. The highest BCUT2D eigenvalue weighted by Crippen LogP contribution is 2.40. The molecule has 2 aromatic rings. The van der Waals surface area contributed by atoms with Crippen LogP contribution in [0.2, 0.25) is 0 Å². The summed E-state index contributed by atoms with van der Waals surface area (Å²) in [7, 11) is 3.33. The van der Waals surface area contributed by atoms with Crippen LogP contribution in [-0.2, 0) is 32.3 Å². The Morgan fingerprint density at radius 2 is 2.14 bits per heavy atom. The third-order valence-corrected chi connectivity index (χ3v) is 8.04. The van der Waals surface area contributed by atoms with Gasteiger partial charge in [0.25, 0.3) is 11.8 Å². The van der Waals surface area contributed by atoms with E-state index in [1.807, 2.05) is 36.1 Å². The van der Waals surface area contributed by atoms with Crippen molar-refractivity contribution in [3.63, 3.8) is 0 Å². The first-order chi connectivity index (χ1) is 17.7. The van der Waals surface area contributed by atoms with Crippen molar-refractivity contribution >= 4 is 51.7 Å². The molecule has 12 nitrogen and oxygen atoms in total. The molecule has 0 aromatic carbocycles. The van der Waals surface area contributed by atoms with Crippen LogP contribution < -0.4 is 15.6 Å². The van der Waals surface area contributed by atoms with E-state index in [9.17, 15) is 19.5 Å². The summed E-state index contributed by atoms with van der Waals surface area (Å²) < 4.78 is 1.89. The van der Waals surface area contributed by atoms with Gasteiger partial charge in [0, 0.05) is 35.4 Å². The largest absolute Gasteiger partial charge is 0.477 e. The maximum absolute atomic E-state index is 13.0. The zero-order chi connectivity index (χ0) is 26.7. The highest BCUT2D eigenvalue weighted by molar-refractivity contribution is 8.00. The molecule has 2 amide bonds. The second kappa shape index (κ2) is 11.3. The van der Waals surface area contributed by atoms with Gasteiger partial charge in [-0.15, -0.1) is 23.1 Å². The fraction of sp³-hybridized carbons (Fsp3) is 0.391. The van der Waals surface area contributed by atoms with E-state index < -0.39 is 29.2 Å². The van der Waals surface area contributed by atoms with Crippen LogP contribution in [-0.4, -0.2) is 81.3 Å². The minimum Gasteiger partial charge on any atom is -0.477 e. The summed E-state index contributed by atoms with van der Waals surface area (Å²) in [6.07, 6.45) is 3.82. The fourth-order valence-electron chi connectivity index (χ4n) is 4.05. The Balaban J connectivity index is 1.48. The van der Waals surface area contributed by atoms with Crippen molar-refractivity contribution in [2.24, 2.45) is 5.16 Å². The van der Waals surface area contributed by atoms with Gasteiger partial charge in [0.05, 0.1) is 0 Å². The van der Waals surface area contributed by atoms with Gasteiger partial charge in [0.1, 0.15) is 29.9 Å².